The molecular weight excluding hydrogens is 537 g/mol. The number of imidazole rings is 1. The molecule has 17 nitrogen and oxygen atoms in total. The zero-order valence-electron chi connectivity index (χ0n) is 16.3. The van der Waals surface area contributed by atoms with Crippen LogP contribution in [0.1, 0.15) is 6.23 Å². The first-order valence-electron chi connectivity index (χ1n) is 8.63. The fourth-order valence-corrected chi connectivity index (χ4v) is 6.16. The van der Waals surface area contributed by atoms with Gasteiger partial charge in [-0.05, 0) is 0 Å². The van der Waals surface area contributed by atoms with E-state index in [1.807, 2.05) is 0 Å². The molecular formula is C12H18ClN4O13P3. The van der Waals surface area contributed by atoms with Gasteiger partial charge in [-0.25, -0.2) is 23.7 Å². The van der Waals surface area contributed by atoms with Crippen LogP contribution in [0.2, 0.25) is 5.15 Å². The summed E-state index contributed by atoms with van der Waals surface area (Å²) in [7, 11) is -15.1. The molecule has 2 unspecified atom stereocenters. The molecule has 0 aromatic carbocycles. The fourth-order valence-electron chi connectivity index (χ4n) is 2.95. The molecule has 0 aliphatic carbocycles. The van der Waals surface area contributed by atoms with Crippen molar-refractivity contribution in [2.45, 2.75) is 24.5 Å². The number of aromatic nitrogens is 3. The molecule has 0 spiro atoms. The lowest BCUT2D eigenvalue weighted by molar-refractivity contribution is -0.0501. The first-order chi connectivity index (χ1) is 15.1. The van der Waals surface area contributed by atoms with E-state index < -0.39 is 54.6 Å². The second-order valence-electron chi connectivity index (χ2n) is 6.50. The number of phosphoric ester groups is 1. The maximum absolute atomic E-state index is 11.9. The van der Waals surface area contributed by atoms with Crippen LogP contribution < -0.4 is 5.32 Å². The third-order valence-electron chi connectivity index (χ3n) is 4.20. The smallest absolute Gasteiger partial charge is 0.387 e. The van der Waals surface area contributed by atoms with E-state index in [9.17, 15) is 28.8 Å². The van der Waals surface area contributed by atoms with Gasteiger partial charge < -0.3 is 44.4 Å². The number of phosphoric acid groups is 3. The van der Waals surface area contributed by atoms with Crippen LogP contribution in [0.4, 0.5) is 5.82 Å². The highest BCUT2D eigenvalue weighted by atomic mass is 35.5. The van der Waals surface area contributed by atoms with Gasteiger partial charge in [0.15, 0.2) is 12.0 Å². The molecule has 1 aliphatic rings. The summed E-state index contributed by atoms with van der Waals surface area (Å²) in [5.41, 5.74) is 0.730. The van der Waals surface area contributed by atoms with E-state index in [0.29, 0.717) is 16.9 Å². The van der Waals surface area contributed by atoms with Gasteiger partial charge in [0, 0.05) is 13.1 Å². The van der Waals surface area contributed by atoms with Gasteiger partial charge in [-0.2, -0.15) is 8.62 Å². The Morgan fingerprint density at radius 2 is 1.82 bits per heavy atom. The summed E-state index contributed by atoms with van der Waals surface area (Å²) in [5, 5.41) is 23.5. The van der Waals surface area contributed by atoms with Crippen LogP contribution in [0.5, 0.6) is 0 Å². The van der Waals surface area contributed by atoms with Gasteiger partial charge in [0.05, 0.1) is 18.5 Å². The molecule has 3 heterocycles. The summed E-state index contributed by atoms with van der Waals surface area (Å²) in [5.74, 6) is 0.327. The summed E-state index contributed by atoms with van der Waals surface area (Å²) >= 11 is 5.98. The zero-order chi connectivity index (χ0) is 24.8. The molecule has 0 amide bonds. The molecule has 0 saturated carbocycles. The van der Waals surface area contributed by atoms with Gasteiger partial charge in [-0.1, -0.05) is 11.6 Å². The number of halogens is 1. The highest BCUT2D eigenvalue weighted by molar-refractivity contribution is 7.66. The average Bonchev–Trinajstić information content (AvgIpc) is 3.18. The Balaban J connectivity index is 1.73. The number of aliphatic hydroxyl groups excluding tert-OH is 2. The van der Waals surface area contributed by atoms with Crippen LogP contribution in [0.15, 0.2) is 12.4 Å². The number of hydrogen-bond acceptors (Lipinski definition) is 12. The van der Waals surface area contributed by atoms with Crippen molar-refractivity contribution in [2.24, 2.45) is 0 Å². The van der Waals surface area contributed by atoms with Crippen LogP contribution in [0.25, 0.3) is 11.0 Å². The first-order valence-corrected chi connectivity index (χ1v) is 13.5. The number of nitrogens with one attached hydrogen (secondary N) is 1. The number of nitrogens with zero attached hydrogens (tertiary/aromatic N) is 3. The maximum atomic E-state index is 11.9. The molecule has 0 bridgehead atoms. The number of fused-ring (bicyclic) bond motifs is 1. The lowest BCUT2D eigenvalue weighted by atomic mass is 10.1. The van der Waals surface area contributed by atoms with Gasteiger partial charge in [-0.15, -0.1) is 0 Å². The number of anilines is 1. The summed E-state index contributed by atoms with van der Waals surface area (Å²) in [6.07, 6.45) is -4.69. The standard InChI is InChI=1S/C12H18ClN4O13P3/c1-14-11-8-5(2-7(13)16-11)17(4-15-8)12-10(19)9(18)6(28-12)3-27-32(23,24)30-33(25,26)29-31(20,21)22/h2,4,6,9-10,12,18-19H,3H2,1H3,(H,14,16)(H,23,24)(H,25,26)(H2,20,21,22)/t6-,9-,10-,12-/m1/s1. The molecule has 3 rings (SSSR count). The highest BCUT2D eigenvalue weighted by Crippen LogP contribution is 2.66. The molecule has 1 saturated heterocycles. The van der Waals surface area contributed by atoms with Gasteiger partial charge in [0.2, 0.25) is 0 Å². The van der Waals surface area contributed by atoms with Gasteiger partial charge in [0.25, 0.3) is 0 Å². The van der Waals surface area contributed by atoms with E-state index in [1.165, 1.54) is 17.0 Å². The molecule has 7 N–H and O–H groups in total. The Kier molecular flexibility index (Phi) is 7.71. The van der Waals surface area contributed by atoms with Crippen molar-refractivity contribution in [3.05, 3.63) is 17.5 Å². The van der Waals surface area contributed by atoms with Crippen molar-refractivity contribution < 1.29 is 61.4 Å². The summed E-state index contributed by atoms with van der Waals surface area (Å²) < 4.78 is 52.3. The van der Waals surface area contributed by atoms with E-state index in [4.69, 9.17) is 31.0 Å². The first kappa shape index (κ1) is 26.6. The molecule has 1 fully saturated rings. The molecule has 2 aromatic rings. The SMILES string of the molecule is CNc1nc(Cl)cc2c1ncn2[C@@H]1O[C@H](COP(=O)(O)OP(=O)(O)OP(=O)(O)O)[C@@H](O)[C@H]1O. The van der Waals surface area contributed by atoms with Crippen molar-refractivity contribution in [1.29, 1.82) is 0 Å². The van der Waals surface area contributed by atoms with Gasteiger partial charge in [0.1, 0.15) is 29.0 Å². The minimum Gasteiger partial charge on any atom is -0.387 e. The third-order valence-corrected chi connectivity index (χ3v) is 8.19. The Morgan fingerprint density at radius 3 is 2.42 bits per heavy atom. The van der Waals surface area contributed by atoms with Crippen LogP contribution in [0.3, 0.4) is 0 Å². The second-order valence-corrected chi connectivity index (χ2v) is 11.3. The highest BCUT2D eigenvalue weighted by Gasteiger charge is 2.46. The molecule has 6 atom stereocenters. The summed E-state index contributed by atoms with van der Waals surface area (Å²) in [4.78, 5) is 43.9. The normalized spacial score (nSPS) is 27.4. The van der Waals surface area contributed by atoms with Crippen LogP contribution in [-0.4, -0.2) is 76.3 Å². The molecule has 2 aromatic heterocycles. The van der Waals surface area contributed by atoms with E-state index in [0.717, 1.165) is 0 Å². The molecule has 0 radical (unpaired) electrons. The zero-order valence-corrected chi connectivity index (χ0v) is 19.7. The average molecular weight is 555 g/mol. The minimum absolute atomic E-state index is 0.0887. The Labute approximate surface area is 189 Å². The quantitative estimate of drug-likeness (QED) is 0.160. The van der Waals surface area contributed by atoms with Crippen molar-refractivity contribution in [3.63, 3.8) is 0 Å². The minimum atomic E-state index is -5.71. The van der Waals surface area contributed by atoms with Crippen LogP contribution in [0, 0.1) is 0 Å². The molecule has 186 valence electrons. The lowest BCUT2D eigenvalue weighted by Crippen LogP contribution is -2.33. The predicted molar refractivity (Wildman–Crippen MR) is 108 cm³/mol. The maximum Gasteiger partial charge on any atom is 0.490 e. The monoisotopic (exact) mass is 554 g/mol. The Morgan fingerprint density at radius 1 is 1.15 bits per heavy atom. The number of ether oxygens (including phenoxy) is 1. The van der Waals surface area contributed by atoms with Crippen molar-refractivity contribution in [1.82, 2.24) is 14.5 Å². The van der Waals surface area contributed by atoms with E-state index >= 15 is 0 Å². The predicted octanol–water partition coefficient (Wildman–Crippen LogP) is 0.0889. The Hall–Kier alpha value is -1.00. The van der Waals surface area contributed by atoms with Gasteiger partial charge >= 0.3 is 23.5 Å². The summed E-state index contributed by atoms with van der Waals surface area (Å²) in [6.45, 7) is -0.949. The van der Waals surface area contributed by atoms with E-state index in [-0.39, 0.29) is 5.15 Å². The van der Waals surface area contributed by atoms with E-state index in [2.05, 4.69) is 28.4 Å². The number of rotatable bonds is 9. The van der Waals surface area contributed by atoms with Crippen molar-refractivity contribution in [2.75, 3.05) is 19.0 Å². The number of aliphatic hydroxyl groups is 2. The molecule has 33 heavy (non-hydrogen) atoms. The number of pyridine rings is 1. The van der Waals surface area contributed by atoms with Crippen LogP contribution in [-0.2, 0) is 31.6 Å². The second kappa shape index (κ2) is 9.57. The van der Waals surface area contributed by atoms with Crippen molar-refractivity contribution >= 4 is 51.9 Å². The number of hydrogen-bond donors (Lipinski definition) is 7. The van der Waals surface area contributed by atoms with Gasteiger partial charge in [-0.3, -0.25) is 4.52 Å². The molecule has 21 heteroatoms. The Bertz CT molecular complexity index is 1170. The van der Waals surface area contributed by atoms with E-state index in [1.54, 1.807) is 7.05 Å². The van der Waals surface area contributed by atoms with Crippen molar-refractivity contribution in [3.8, 4) is 0 Å². The third kappa shape index (κ3) is 6.36. The van der Waals surface area contributed by atoms with Crippen LogP contribution >= 0.6 is 35.1 Å². The lowest BCUT2D eigenvalue weighted by Gasteiger charge is -2.19. The summed E-state index contributed by atoms with van der Waals surface area (Å²) in [6, 6.07) is 1.42. The largest absolute Gasteiger partial charge is 0.490 e. The fraction of sp³-hybridized carbons (Fsp3) is 0.500. The topological polar surface area (TPSA) is 252 Å². The molecule has 1 aliphatic heterocycles.